The van der Waals surface area contributed by atoms with Crippen LogP contribution in [0.5, 0.6) is 0 Å². The Balaban J connectivity index is 2.16. The van der Waals surface area contributed by atoms with E-state index in [4.69, 9.17) is 29.0 Å². The largest absolute Gasteiger partial charge is 0.271 e. The molecule has 0 fully saturated rings. The van der Waals surface area contributed by atoms with Gasteiger partial charge in [0.1, 0.15) is 0 Å². The molecule has 4 nitrogen and oxygen atoms in total. The van der Waals surface area contributed by atoms with E-state index in [9.17, 15) is 0 Å². The van der Waals surface area contributed by atoms with E-state index in [1.807, 2.05) is 42.9 Å². The van der Waals surface area contributed by atoms with Gasteiger partial charge in [0, 0.05) is 24.5 Å². The molecular formula is C15H20Cl2N4. The Hall–Kier alpha value is -1.07. The Bertz CT molecular complexity index is 610. The molecule has 0 saturated carbocycles. The molecule has 0 aliphatic carbocycles. The smallest absolute Gasteiger partial charge is 0.0850 e. The third kappa shape index (κ3) is 3.77. The topological polar surface area (TPSA) is 55.9 Å². The first-order valence-corrected chi connectivity index (χ1v) is 7.72. The van der Waals surface area contributed by atoms with Gasteiger partial charge in [0.2, 0.25) is 0 Å². The van der Waals surface area contributed by atoms with Crippen LogP contribution in [0.1, 0.15) is 23.9 Å². The molecule has 0 aliphatic rings. The Morgan fingerprint density at radius 2 is 2.00 bits per heavy atom. The number of benzene rings is 1. The van der Waals surface area contributed by atoms with Crippen LogP contribution in [-0.2, 0) is 26.3 Å². The van der Waals surface area contributed by atoms with E-state index in [0.29, 0.717) is 6.42 Å². The Morgan fingerprint density at radius 1 is 1.29 bits per heavy atom. The quantitative estimate of drug-likeness (QED) is 0.634. The second-order valence-electron chi connectivity index (χ2n) is 5.05. The van der Waals surface area contributed by atoms with Gasteiger partial charge in [-0.1, -0.05) is 48.3 Å². The van der Waals surface area contributed by atoms with Crippen LogP contribution in [-0.4, -0.2) is 15.8 Å². The lowest BCUT2D eigenvalue weighted by Gasteiger charge is -2.17. The number of hydrogen-bond acceptors (Lipinski definition) is 3. The zero-order chi connectivity index (χ0) is 15.4. The van der Waals surface area contributed by atoms with E-state index >= 15 is 0 Å². The van der Waals surface area contributed by atoms with Gasteiger partial charge in [-0.2, -0.15) is 5.10 Å². The van der Waals surface area contributed by atoms with Gasteiger partial charge < -0.3 is 0 Å². The molecule has 0 spiro atoms. The van der Waals surface area contributed by atoms with Crippen molar-refractivity contribution < 1.29 is 0 Å². The van der Waals surface area contributed by atoms with Crippen LogP contribution in [0.15, 0.2) is 24.3 Å². The van der Waals surface area contributed by atoms with Crippen LogP contribution < -0.4 is 11.3 Å². The molecule has 0 saturated heterocycles. The molecule has 6 heteroatoms. The van der Waals surface area contributed by atoms with Crippen molar-refractivity contribution in [2.75, 3.05) is 0 Å². The highest BCUT2D eigenvalue weighted by Gasteiger charge is 2.18. The standard InChI is InChI=1S/C15H20Cl2N4/c1-3-13-15(17)14(21(2)20-13)9-11(19-18)8-10-6-4-5-7-12(10)16/h4-7,11,19H,3,8-9,18H2,1-2H3. The van der Waals surface area contributed by atoms with Crippen molar-refractivity contribution in [3.8, 4) is 0 Å². The summed E-state index contributed by atoms with van der Waals surface area (Å²) in [5, 5.41) is 5.92. The molecule has 0 bridgehead atoms. The van der Waals surface area contributed by atoms with Crippen molar-refractivity contribution >= 4 is 23.2 Å². The number of aromatic nitrogens is 2. The molecule has 0 aliphatic heterocycles. The summed E-state index contributed by atoms with van der Waals surface area (Å²) in [6, 6.07) is 7.83. The third-order valence-corrected chi connectivity index (χ3v) is 4.41. The van der Waals surface area contributed by atoms with Gasteiger partial charge in [-0.25, -0.2) is 0 Å². The predicted molar refractivity (Wildman–Crippen MR) is 87.6 cm³/mol. The van der Waals surface area contributed by atoms with Crippen molar-refractivity contribution in [1.29, 1.82) is 0 Å². The van der Waals surface area contributed by atoms with Gasteiger partial charge in [0.25, 0.3) is 0 Å². The molecule has 114 valence electrons. The molecule has 0 amide bonds. The number of nitrogens with one attached hydrogen (secondary N) is 1. The second-order valence-corrected chi connectivity index (χ2v) is 5.83. The van der Waals surface area contributed by atoms with Crippen LogP contribution in [0, 0.1) is 0 Å². The highest BCUT2D eigenvalue weighted by molar-refractivity contribution is 6.32. The zero-order valence-electron chi connectivity index (χ0n) is 12.2. The van der Waals surface area contributed by atoms with Gasteiger partial charge >= 0.3 is 0 Å². The number of nitrogens with zero attached hydrogens (tertiary/aromatic N) is 2. The van der Waals surface area contributed by atoms with E-state index in [1.54, 1.807) is 0 Å². The molecule has 1 aromatic heterocycles. The Labute approximate surface area is 135 Å². The summed E-state index contributed by atoms with van der Waals surface area (Å²) in [4.78, 5) is 0. The number of nitrogens with two attached hydrogens (primary N) is 1. The molecular weight excluding hydrogens is 307 g/mol. The first-order valence-electron chi connectivity index (χ1n) is 6.96. The van der Waals surface area contributed by atoms with Crippen LogP contribution in [0.4, 0.5) is 0 Å². The lowest BCUT2D eigenvalue weighted by atomic mass is 10.0. The fourth-order valence-corrected chi connectivity index (χ4v) is 2.98. The molecule has 3 N–H and O–H groups in total. The number of hydrogen-bond donors (Lipinski definition) is 2. The predicted octanol–water partition coefficient (Wildman–Crippen LogP) is 2.91. The summed E-state index contributed by atoms with van der Waals surface area (Å²) in [7, 11) is 1.91. The van der Waals surface area contributed by atoms with Gasteiger partial charge in [-0.3, -0.25) is 16.0 Å². The number of halogens is 2. The zero-order valence-corrected chi connectivity index (χ0v) is 13.7. The molecule has 2 rings (SSSR count). The van der Waals surface area contributed by atoms with Crippen LogP contribution in [0.3, 0.4) is 0 Å². The molecule has 1 aromatic carbocycles. The van der Waals surface area contributed by atoms with Gasteiger partial charge in [-0.15, -0.1) is 0 Å². The summed E-state index contributed by atoms with van der Waals surface area (Å²) in [6.45, 7) is 2.04. The number of rotatable bonds is 6. The number of aryl methyl sites for hydroxylation is 2. The van der Waals surface area contributed by atoms with Crippen molar-refractivity contribution in [2.45, 2.75) is 32.2 Å². The second kappa shape index (κ2) is 7.27. The van der Waals surface area contributed by atoms with Gasteiger partial charge in [-0.05, 0) is 24.5 Å². The average Bonchev–Trinajstić information content (AvgIpc) is 2.75. The minimum absolute atomic E-state index is 0.0440. The lowest BCUT2D eigenvalue weighted by Crippen LogP contribution is -2.39. The van der Waals surface area contributed by atoms with E-state index < -0.39 is 0 Å². The summed E-state index contributed by atoms with van der Waals surface area (Å²) in [5.41, 5.74) is 5.82. The summed E-state index contributed by atoms with van der Waals surface area (Å²) in [5.74, 6) is 5.69. The summed E-state index contributed by atoms with van der Waals surface area (Å²) in [6.07, 6.45) is 2.25. The SMILES string of the molecule is CCc1nn(C)c(CC(Cc2ccccc2Cl)NN)c1Cl. The molecule has 1 heterocycles. The summed E-state index contributed by atoms with van der Waals surface area (Å²) < 4.78 is 1.83. The fourth-order valence-electron chi connectivity index (χ4n) is 2.39. The Morgan fingerprint density at radius 3 is 2.57 bits per heavy atom. The minimum atomic E-state index is 0.0440. The maximum atomic E-state index is 6.39. The number of hydrazine groups is 1. The fraction of sp³-hybridized carbons (Fsp3) is 0.400. The maximum Gasteiger partial charge on any atom is 0.0850 e. The lowest BCUT2D eigenvalue weighted by molar-refractivity contribution is 0.505. The average molecular weight is 327 g/mol. The highest BCUT2D eigenvalue weighted by Crippen LogP contribution is 2.23. The van der Waals surface area contributed by atoms with E-state index in [-0.39, 0.29) is 6.04 Å². The molecule has 0 radical (unpaired) electrons. The van der Waals surface area contributed by atoms with E-state index in [0.717, 1.165) is 39.8 Å². The van der Waals surface area contributed by atoms with Crippen molar-refractivity contribution in [3.63, 3.8) is 0 Å². The van der Waals surface area contributed by atoms with Crippen LogP contribution in [0.2, 0.25) is 10.0 Å². The van der Waals surface area contributed by atoms with Crippen molar-refractivity contribution in [1.82, 2.24) is 15.2 Å². The molecule has 1 atom stereocenters. The normalized spacial score (nSPS) is 12.6. The maximum absolute atomic E-state index is 6.39. The molecule has 21 heavy (non-hydrogen) atoms. The third-order valence-electron chi connectivity index (χ3n) is 3.60. The highest BCUT2D eigenvalue weighted by atomic mass is 35.5. The monoisotopic (exact) mass is 326 g/mol. The molecule has 2 aromatic rings. The van der Waals surface area contributed by atoms with Gasteiger partial charge in [0.15, 0.2) is 0 Å². The van der Waals surface area contributed by atoms with Gasteiger partial charge in [0.05, 0.1) is 16.4 Å². The summed E-state index contributed by atoms with van der Waals surface area (Å²) >= 11 is 12.6. The van der Waals surface area contributed by atoms with Crippen LogP contribution >= 0.6 is 23.2 Å². The molecule has 1 unspecified atom stereocenters. The van der Waals surface area contributed by atoms with E-state index in [1.165, 1.54) is 0 Å². The van der Waals surface area contributed by atoms with E-state index in [2.05, 4.69) is 10.5 Å². The minimum Gasteiger partial charge on any atom is -0.271 e. The van der Waals surface area contributed by atoms with Crippen molar-refractivity contribution in [2.24, 2.45) is 12.9 Å². The van der Waals surface area contributed by atoms with Crippen LogP contribution in [0.25, 0.3) is 0 Å². The first kappa shape index (κ1) is 16.3. The Kier molecular flexibility index (Phi) is 5.65. The first-order chi connectivity index (χ1) is 10.1. The van der Waals surface area contributed by atoms with Crippen molar-refractivity contribution in [3.05, 3.63) is 51.3 Å².